The van der Waals surface area contributed by atoms with Crippen molar-refractivity contribution in [1.29, 1.82) is 0 Å². The average Bonchev–Trinajstić information content (AvgIpc) is 3.16. The van der Waals surface area contributed by atoms with E-state index in [1.165, 1.54) is 5.56 Å². The third kappa shape index (κ3) is 4.33. The average molecular weight is 331 g/mol. The summed E-state index contributed by atoms with van der Waals surface area (Å²) >= 11 is 0. The lowest BCUT2D eigenvalue weighted by molar-refractivity contribution is -0.131. The summed E-state index contributed by atoms with van der Waals surface area (Å²) in [5.41, 5.74) is 1.23. The van der Waals surface area contributed by atoms with Crippen molar-refractivity contribution in [2.24, 2.45) is 0 Å². The Bertz CT molecular complexity index is 517. The first-order valence-electron chi connectivity index (χ1n) is 9.21. The number of hydrogen-bond donors (Lipinski definition) is 0. The van der Waals surface area contributed by atoms with Crippen LogP contribution in [0.15, 0.2) is 24.5 Å². The fraction of sp³-hybridized carbons (Fsp3) is 0.684. The van der Waals surface area contributed by atoms with Crippen molar-refractivity contribution in [3.8, 4) is 0 Å². The highest BCUT2D eigenvalue weighted by atomic mass is 16.5. The largest absolute Gasteiger partial charge is 0.380 e. The number of aromatic nitrogens is 1. The van der Waals surface area contributed by atoms with Crippen LogP contribution in [-0.4, -0.2) is 59.6 Å². The van der Waals surface area contributed by atoms with Gasteiger partial charge < -0.3 is 9.64 Å². The van der Waals surface area contributed by atoms with Gasteiger partial charge in [-0.2, -0.15) is 0 Å². The summed E-state index contributed by atoms with van der Waals surface area (Å²) in [5.74, 6) is 0.314. The first-order valence-corrected chi connectivity index (χ1v) is 9.21. The lowest BCUT2D eigenvalue weighted by Crippen LogP contribution is -2.49. The molecule has 0 aliphatic carbocycles. The molecule has 1 aromatic rings. The highest BCUT2D eigenvalue weighted by Gasteiger charge is 2.32. The Morgan fingerprint density at radius 2 is 2.12 bits per heavy atom. The highest BCUT2D eigenvalue weighted by molar-refractivity contribution is 5.76. The molecule has 2 aliphatic heterocycles. The van der Waals surface area contributed by atoms with Crippen molar-refractivity contribution in [3.63, 3.8) is 0 Å². The van der Waals surface area contributed by atoms with Gasteiger partial charge in [-0.25, -0.2) is 0 Å². The van der Waals surface area contributed by atoms with Crippen LogP contribution in [0.1, 0.15) is 44.1 Å². The molecule has 5 heteroatoms. The highest BCUT2D eigenvalue weighted by Crippen LogP contribution is 2.26. The number of piperidine rings is 1. The number of amides is 1. The normalized spacial score (nSPS) is 25.1. The molecule has 132 valence electrons. The van der Waals surface area contributed by atoms with Gasteiger partial charge in [0.05, 0.1) is 6.10 Å². The smallest absolute Gasteiger partial charge is 0.222 e. The molecule has 2 saturated heterocycles. The number of hydrogen-bond acceptors (Lipinski definition) is 4. The molecule has 2 fully saturated rings. The van der Waals surface area contributed by atoms with Crippen LogP contribution < -0.4 is 0 Å². The molecular formula is C19H29N3O2. The van der Waals surface area contributed by atoms with Gasteiger partial charge in [-0.05, 0) is 50.3 Å². The number of carbonyl (C=O) groups is 1. The molecule has 0 unspecified atom stereocenters. The summed E-state index contributed by atoms with van der Waals surface area (Å²) in [5, 5.41) is 0. The lowest BCUT2D eigenvalue weighted by atomic mass is 9.94. The molecule has 0 radical (unpaired) electrons. The van der Waals surface area contributed by atoms with Crippen LogP contribution >= 0.6 is 0 Å². The van der Waals surface area contributed by atoms with Crippen LogP contribution in [0, 0.1) is 0 Å². The van der Waals surface area contributed by atoms with Gasteiger partial charge >= 0.3 is 0 Å². The van der Waals surface area contributed by atoms with Crippen LogP contribution in [0.3, 0.4) is 0 Å². The Morgan fingerprint density at radius 3 is 2.83 bits per heavy atom. The summed E-state index contributed by atoms with van der Waals surface area (Å²) in [4.78, 5) is 21.1. The molecule has 3 rings (SSSR count). The van der Waals surface area contributed by atoms with Gasteiger partial charge in [-0.1, -0.05) is 6.07 Å². The molecule has 0 aromatic carbocycles. The topological polar surface area (TPSA) is 45.7 Å². The van der Waals surface area contributed by atoms with E-state index in [1.54, 1.807) is 7.11 Å². The summed E-state index contributed by atoms with van der Waals surface area (Å²) in [6, 6.07) is 4.42. The van der Waals surface area contributed by atoms with Crippen molar-refractivity contribution in [3.05, 3.63) is 30.1 Å². The van der Waals surface area contributed by atoms with Crippen molar-refractivity contribution < 1.29 is 9.53 Å². The molecular weight excluding hydrogens is 302 g/mol. The Hall–Kier alpha value is -1.46. The Labute approximate surface area is 145 Å². The first kappa shape index (κ1) is 17.4. The van der Waals surface area contributed by atoms with Crippen LogP contribution in [0.25, 0.3) is 0 Å². The fourth-order valence-electron chi connectivity index (χ4n) is 4.05. The maximum absolute atomic E-state index is 12.4. The molecule has 2 aliphatic rings. The minimum atomic E-state index is 0.224. The van der Waals surface area contributed by atoms with E-state index < -0.39 is 0 Å². The van der Waals surface area contributed by atoms with E-state index in [2.05, 4.69) is 16.0 Å². The van der Waals surface area contributed by atoms with Gasteiger partial charge in [-0.3, -0.25) is 14.7 Å². The maximum atomic E-state index is 12.4. The molecule has 1 amide bonds. The molecule has 0 N–H and O–H groups in total. The molecule has 1 aromatic heterocycles. The Morgan fingerprint density at radius 1 is 1.29 bits per heavy atom. The third-order valence-electron chi connectivity index (χ3n) is 5.36. The zero-order valence-electron chi connectivity index (χ0n) is 14.7. The van der Waals surface area contributed by atoms with Crippen molar-refractivity contribution in [2.75, 3.05) is 26.7 Å². The van der Waals surface area contributed by atoms with E-state index in [4.69, 9.17) is 4.74 Å². The predicted molar refractivity (Wildman–Crippen MR) is 93.5 cm³/mol. The monoisotopic (exact) mass is 331 g/mol. The van der Waals surface area contributed by atoms with Gasteiger partial charge in [0, 0.05) is 51.6 Å². The molecule has 24 heavy (non-hydrogen) atoms. The quantitative estimate of drug-likeness (QED) is 0.803. The van der Waals surface area contributed by atoms with Crippen molar-refractivity contribution >= 4 is 5.91 Å². The minimum Gasteiger partial charge on any atom is -0.380 e. The van der Waals surface area contributed by atoms with Crippen molar-refractivity contribution in [2.45, 2.75) is 57.2 Å². The standard InChI is InChI=1S/C19H29N3O2/c1-24-18-7-5-13-22(15-16-6-4-10-20-14-16)17(18)8-9-19(23)21-11-2-3-12-21/h4,6,10,14,17-18H,2-3,5,7-9,11-13,15H2,1H3/t17-,18-/m0/s1. The number of ether oxygens (including phenoxy) is 1. The van der Waals surface area contributed by atoms with E-state index in [1.807, 2.05) is 23.4 Å². The summed E-state index contributed by atoms with van der Waals surface area (Å²) in [7, 11) is 1.80. The second-order valence-corrected chi connectivity index (χ2v) is 6.94. The SMILES string of the molecule is CO[C@H]1CCCN(Cc2cccnc2)[C@H]1CCC(=O)N1CCCC1. The van der Waals surface area contributed by atoms with Gasteiger partial charge in [0.25, 0.3) is 0 Å². The van der Waals surface area contributed by atoms with Gasteiger partial charge in [0.15, 0.2) is 0 Å². The molecule has 0 spiro atoms. The van der Waals surface area contributed by atoms with E-state index in [9.17, 15) is 4.79 Å². The molecule has 3 heterocycles. The van der Waals surface area contributed by atoms with E-state index in [0.717, 1.165) is 58.3 Å². The van der Waals surface area contributed by atoms with Gasteiger partial charge in [0.1, 0.15) is 0 Å². The van der Waals surface area contributed by atoms with Crippen LogP contribution in [0.4, 0.5) is 0 Å². The molecule has 0 saturated carbocycles. The summed E-state index contributed by atoms with van der Waals surface area (Å²) in [6.45, 7) is 3.83. The zero-order chi connectivity index (χ0) is 16.8. The molecule has 5 nitrogen and oxygen atoms in total. The maximum Gasteiger partial charge on any atom is 0.222 e. The van der Waals surface area contributed by atoms with Crippen LogP contribution in [0.5, 0.6) is 0 Å². The third-order valence-corrected chi connectivity index (χ3v) is 5.36. The number of pyridine rings is 1. The summed E-state index contributed by atoms with van der Waals surface area (Å²) in [6.07, 6.45) is 10.0. The molecule has 2 atom stereocenters. The van der Waals surface area contributed by atoms with E-state index in [0.29, 0.717) is 18.4 Å². The van der Waals surface area contributed by atoms with Crippen LogP contribution in [0.2, 0.25) is 0 Å². The second kappa shape index (κ2) is 8.58. The Balaban J connectivity index is 1.61. The van der Waals surface area contributed by atoms with Crippen LogP contribution in [-0.2, 0) is 16.1 Å². The first-order chi connectivity index (χ1) is 11.8. The number of nitrogens with zero attached hydrogens (tertiary/aromatic N) is 3. The lowest BCUT2D eigenvalue weighted by Gasteiger charge is -2.41. The number of methoxy groups -OCH3 is 1. The minimum absolute atomic E-state index is 0.224. The second-order valence-electron chi connectivity index (χ2n) is 6.94. The predicted octanol–water partition coefficient (Wildman–Crippen LogP) is 2.46. The Kier molecular flexibility index (Phi) is 6.21. The van der Waals surface area contributed by atoms with Gasteiger partial charge in [-0.15, -0.1) is 0 Å². The number of rotatable bonds is 6. The molecule has 0 bridgehead atoms. The number of carbonyl (C=O) groups excluding carboxylic acids is 1. The zero-order valence-corrected chi connectivity index (χ0v) is 14.7. The van der Waals surface area contributed by atoms with E-state index in [-0.39, 0.29) is 6.10 Å². The summed E-state index contributed by atoms with van der Waals surface area (Å²) < 4.78 is 5.75. The number of likely N-dealkylation sites (tertiary alicyclic amines) is 2. The fourth-order valence-corrected chi connectivity index (χ4v) is 4.05. The van der Waals surface area contributed by atoms with E-state index >= 15 is 0 Å². The van der Waals surface area contributed by atoms with Crippen molar-refractivity contribution in [1.82, 2.24) is 14.8 Å². The van der Waals surface area contributed by atoms with Gasteiger partial charge in [0.2, 0.25) is 5.91 Å².